The zero-order valence-electron chi connectivity index (χ0n) is 94.9. The molecule has 0 N–H and O–H groups in total. The van der Waals surface area contributed by atoms with Crippen molar-refractivity contribution in [3.63, 3.8) is 0 Å². The van der Waals surface area contributed by atoms with E-state index < -0.39 is 363 Å². The molecule has 6 aromatic carbocycles. The summed E-state index contributed by atoms with van der Waals surface area (Å²) < 4.78 is 496. The third-order valence-corrected chi connectivity index (χ3v) is 14.9. The minimum absolute atomic E-state index is 0.0516. The summed E-state index contributed by atoms with van der Waals surface area (Å²) in [5.41, 5.74) is -27.2. The molecule has 12 nitrogen and oxygen atoms in total. The van der Waals surface area contributed by atoms with Crippen LogP contribution in [0.5, 0.6) is 0 Å². The highest BCUT2D eigenvalue weighted by Gasteiger charge is 2.34. The number of hydrogen-bond donors (Lipinski definition) is 0. The highest BCUT2D eigenvalue weighted by atomic mass is 32.2. The van der Waals surface area contributed by atoms with E-state index in [2.05, 4.69) is 9.97 Å². The van der Waals surface area contributed by atoms with Gasteiger partial charge in [-0.05, 0) is 170 Å². The summed E-state index contributed by atoms with van der Waals surface area (Å²) in [6, 6.07) is -28.4. The van der Waals surface area contributed by atoms with E-state index in [4.69, 9.17) is 49.3 Å². The Hall–Kier alpha value is -7.92. The van der Waals surface area contributed by atoms with Gasteiger partial charge >= 0.3 is 12.4 Å². The second-order valence-electron chi connectivity index (χ2n) is 19.7. The minimum Gasteiger partial charge on any atom is -0.336 e. The van der Waals surface area contributed by atoms with Crippen LogP contribution in [0.2, 0.25) is 0 Å². The molecule has 2 aliphatic rings. The third-order valence-electron chi connectivity index (χ3n) is 13.4. The van der Waals surface area contributed by atoms with Gasteiger partial charge in [0.2, 0.25) is 11.8 Å². The first kappa shape index (κ1) is 34.0. The molecule has 2 aromatic heterocycles. The molecule has 2 aliphatic carbocycles. The first-order valence-corrected chi connectivity index (χ1v) is 30.0. The number of carbonyl (C=O) groups is 2. The SMILES string of the molecule is [2H]c1c([2H])c(C([2H])([2H])Sc2nc(=O)c3c(n2C([2H])([2H])C(=O)N(Cc2c([2H])c([2H])c(-c4c([2H])c([2H])c(C(F)(F)F)c(C)c4[2H])c([2H])c2[2H])C([2H])([2H])C([2H])([2H])N(CC)CC)C([2H])([2H])C([2H])([2H])C3([2H])[2H])c([2H])c([2H])c1F.[2H]c1c([2H])c(C([2H])([2H])Sc2nc(=O)c3c(n2C([2H])([2H])C(=O)N(Cc2c([2H])c([2H])c(-c4c([2H])c([2H])c(C(F)(F)F)c(C)c4[2H])c([2H])c2[2H])C([2H])([2H])C([2H])([2H])N(CC)CC)CCC3)c([2H])c([2H])c1F. The molecule has 10 rings (SSSR count). The molecule has 96 heavy (non-hydrogen) atoms. The molecule has 2 amide bonds. The number of likely N-dealkylation sites (N-methyl/N-ethyl adjacent to an activating group) is 2. The van der Waals surface area contributed by atoms with Crippen LogP contribution in [0.25, 0.3) is 22.3 Å². The van der Waals surface area contributed by atoms with Gasteiger partial charge in [-0.2, -0.15) is 36.3 Å². The number of amides is 2. The average Bonchev–Trinajstić information content (AvgIpc) is 1.51. The molecule has 0 fully saturated rings. The predicted octanol–water partition coefficient (Wildman–Crippen LogP) is 15.1. The number of hydrogen-bond acceptors (Lipinski definition) is 10. The Morgan fingerprint density at radius 1 is 0.521 bits per heavy atom. The van der Waals surface area contributed by atoms with Gasteiger partial charge in [0.1, 0.15) is 24.6 Å². The lowest BCUT2D eigenvalue weighted by atomic mass is 9.98. The number of fused-ring (bicyclic) bond motifs is 2. The Balaban J connectivity index is 0.000000314. The summed E-state index contributed by atoms with van der Waals surface area (Å²) in [7, 11) is 0. The first-order valence-electron chi connectivity index (χ1n) is 50.4. The summed E-state index contributed by atoms with van der Waals surface area (Å²) in [4.78, 5) is 66.0. The fraction of sp³-hybridized carbons (Fsp3) is 0.378. The maximum Gasteiger partial charge on any atom is 0.416 e. The van der Waals surface area contributed by atoms with Gasteiger partial charge in [0.15, 0.2) is 10.3 Å². The number of rotatable bonds is 26. The highest BCUT2D eigenvalue weighted by molar-refractivity contribution is 7.98. The number of halogens is 8. The van der Waals surface area contributed by atoms with Gasteiger partial charge in [-0.15, -0.1) is 0 Å². The monoisotopic (exact) mass is 1400 g/mol. The Morgan fingerprint density at radius 3 is 1.31 bits per heavy atom. The van der Waals surface area contributed by atoms with Crippen molar-refractivity contribution in [3.05, 3.63) is 232 Å². The summed E-state index contributed by atoms with van der Waals surface area (Å²) in [6.45, 7) is -20.3. The van der Waals surface area contributed by atoms with Gasteiger partial charge in [-0.25, -0.2) is 8.78 Å². The summed E-state index contributed by atoms with van der Waals surface area (Å²) in [5.74, 6) is -7.90. The lowest BCUT2D eigenvalue weighted by Gasteiger charge is -2.28. The normalized spacial score (nSPS) is 22.2. The molecule has 0 saturated heterocycles. The van der Waals surface area contributed by atoms with E-state index in [0.717, 1.165) is 23.6 Å². The van der Waals surface area contributed by atoms with Crippen molar-refractivity contribution in [1.29, 1.82) is 0 Å². The molecule has 0 aliphatic heterocycles. The fourth-order valence-corrected chi connectivity index (χ4v) is 9.86. The van der Waals surface area contributed by atoms with E-state index in [9.17, 15) is 55.7 Å². The third kappa shape index (κ3) is 18.8. The van der Waals surface area contributed by atoms with E-state index >= 15 is 9.59 Å². The van der Waals surface area contributed by atoms with Crippen LogP contribution in [-0.4, -0.2) is 103 Å². The van der Waals surface area contributed by atoms with Gasteiger partial charge in [0.05, 0.1) is 52.2 Å². The van der Waals surface area contributed by atoms with Gasteiger partial charge in [0.25, 0.3) is 11.1 Å². The van der Waals surface area contributed by atoms with Crippen molar-refractivity contribution in [2.75, 3.05) is 52.2 Å². The molecule has 8 aromatic rings. The smallest absolute Gasteiger partial charge is 0.336 e. The van der Waals surface area contributed by atoms with Crippen LogP contribution < -0.4 is 11.1 Å². The van der Waals surface area contributed by atoms with Crippen LogP contribution >= 0.6 is 23.5 Å². The topological polar surface area (TPSA) is 117 Å². The Labute approximate surface area is 625 Å². The van der Waals surface area contributed by atoms with Crippen LogP contribution in [0.1, 0.15) is 168 Å². The van der Waals surface area contributed by atoms with Gasteiger partial charge in [0, 0.05) is 92.2 Å². The number of thioether (sulfide) groups is 2. The van der Waals surface area contributed by atoms with Crippen molar-refractivity contribution in [2.24, 2.45) is 0 Å². The zero-order valence-corrected chi connectivity index (χ0v) is 52.5. The fourth-order valence-electron chi connectivity index (χ4n) is 8.54. The van der Waals surface area contributed by atoms with Crippen molar-refractivity contribution < 1.29 is 105 Å². The molecule has 0 atom stereocenters. The van der Waals surface area contributed by atoms with E-state index in [-0.39, 0.29) is 82.8 Å². The average molecular weight is 1410 g/mol. The molecule has 0 unspecified atom stereocenters. The number of nitrogens with zero attached hydrogens (tertiary/aromatic N) is 8. The van der Waals surface area contributed by atoms with E-state index in [1.807, 2.05) is 0 Å². The summed E-state index contributed by atoms with van der Waals surface area (Å²) in [5, 5.41) is -2.58. The summed E-state index contributed by atoms with van der Waals surface area (Å²) >= 11 is -0.790. The quantitative estimate of drug-likeness (QED) is 0.0295. The maximum absolute atomic E-state index is 15.3. The van der Waals surface area contributed by atoms with Crippen LogP contribution in [0, 0.1) is 25.5 Å². The molecule has 0 radical (unpaired) electrons. The molecule has 0 spiro atoms. The van der Waals surface area contributed by atoms with Crippen LogP contribution in [0.3, 0.4) is 0 Å². The Kier molecular flexibility index (Phi) is 11.7. The maximum atomic E-state index is 15.3. The molecule has 0 saturated carbocycles. The largest absolute Gasteiger partial charge is 0.416 e. The number of alkyl halides is 6. The van der Waals surface area contributed by atoms with Crippen molar-refractivity contribution >= 4 is 35.3 Å². The molecular weight excluding hydrogens is 1280 g/mol. The van der Waals surface area contributed by atoms with Gasteiger partial charge in [-0.1, -0.05) is 148 Å². The standard InChI is InChI=1S/2C37H40F4N4O2S/c2*1-4-43(5-2)19-20-44(22-26-9-13-28(14-10-26)29-15-18-32(25(3)21-29)37(39,40)41)34(46)23-45-33-8-6-7-31(33)35(47)42-36(45)48-24-27-11-16-30(38)17-12-27/h2*9-18,21H,4-8,19-20,22-24H2,1-3H3/i6D2,7D2,8D2,9D,10D,11D,12D,13D,14D,15D,16D,17D,18D,19D2,20D2,21D,23D2,24D2;9D,10D,11D,12D,13D,14D,15D,16D,17D,18D,19D2,20D2,21D,23D2,24D2. The molecule has 22 heteroatoms. The molecular formula is C74H80F8N8O4S2. The van der Waals surface area contributed by atoms with E-state index in [1.54, 1.807) is 0 Å². The molecule has 508 valence electrons. The highest BCUT2D eigenvalue weighted by Crippen LogP contribution is 2.37. The minimum atomic E-state index is -5.28. The molecule has 0 bridgehead atoms. The number of carbonyl (C=O) groups excluding carboxylic acids is 2. The second-order valence-corrected chi connectivity index (χ2v) is 21.3. The zero-order chi connectivity index (χ0) is 108. The second kappa shape index (κ2) is 32.9. The van der Waals surface area contributed by atoms with Crippen molar-refractivity contribution in [3.8, 4) is 22.3 Å². The lowest BCUT2D eigenvalue weighted by molar-refractivity contribution is -0.138. The summed E-state index contributed by atoms with van der Waals surface area (Å²) in [6.07, 6.45) is -22.3. The van der Waals surface area contributed by atoms with Gasteiger partial charge < -0.3 is 28.7 Å². The van der Waals surface area contributed by atoms with E-state index in [0.29, 0.717) is 4.57 Å². The lowest BCUT2D eigenvalue weighted by Crippen LogP contribution is -2.40. The van der Waals surface area contributed by atoms with Crippen LogP contribution in [0.4, 0.5) is 35.1 Å². The van der Waals surface area contributed by atoms with Gasteiger partial charge in [-0.3, -0.25) is 19.2 Å². The number of benzene rings is 6. The van der Waals surface area contributed by atoms with Crippen LogP contribution in [0.15, 0.2) is 153 Å². The Bertz CT molecular complexity index is 6400. The first-order chi connectivity index (χ1) is 63.4. The predicted molar refractivity (Wildman–Crippen MR) is 363 cm³/mol. The van der Waals surface area contributed by atoms with E-state index in [1.165, 1.54) is 27.7 Å². The van der Waals surface area contributed by atoms with Crippen molar-refractivity contribution in [1.82, 2.24) is 38.7 Å². The number of aromatic nitrogens is 4. The van der Waals surface area contributed by atoms with Crippen molar-refractivity contribution in [2.45, 2.75) is 140 Å². The Morgan fingerprint density at radius 2 is 0.906 bits per heavy atom. The molecule has 2 heterocycles. The van der Waals surface area contributed by atoms with Crippen LogP contribution in [-0.2, 0) is 85.0 Å².